The molecule has 0 bridgehead atoms. The lowest BCUT2D eigenvalue weighted by Crippen LogP contribution is -2.20. The molecule has 0 aliphatic carbocycles. The van der Waals surface area contributed by atoms with E-state index in [-0.39, 0.29) is 5.82 Å². The number of H-pyrrole nitrogens is 2. The van der Waals surface area contributed by atoms with Gasteiger partial charge in [-0.2, -0.15) is 5.10 Å². The molecule has 7 aromatic rings. The summed E-state index contributed by atoms with van der Waals surface area (Å²) in [6.45, 7) is 2.03. The lowest BCUT2D eigenvalue weighted by Gasteiger charge is -2.13. The van der Waals surface area contributed by atoms with Gasteiger partial charge in [0.2, 0.25) is 0 Å². The van der Waals surface area contributed by atoms with E-state index in [4.69, 9.17) is 4.74 Å². The molecule has 3 N–H and O–H groups in total. The zero-order chi connectivity index (χ0) is 30.8. The molecule has 0 unspecified atom stereocenters. The monoisotopic (exact) mass is 597 g/mol. The molecule has 45 heavy (non-hydrogen) atoms. The van der Waals surface area contributed by atoms with E-state index in [1.54, 1.807) is 24.7 Å². The third-order valence-corrected chi connectivity index (χ3v) is 7.73. The molecule has 0 saturated heterocycles. The lowest BCUT2D eigenvalue weighted by atomic mass is 10.0. The minimum absolute atomic E-state index is 0.284. The first-order valence-corrected chi connectivity index (χ1v) is 14.8. The highest BCUT2D eigenvalue weighted by Crippen LogP contribution is 2.36. The molecule has 0 atom stereocenters. The van der Waals surface area contributed by atoms with Gasteiger partial charge in [-0.1, -0.05) is 42.5 Å². The first-order chi connectivity index (χ1) is 22.0. The third-order valence-electron chi connectivity index (χ3n) is 7.73. The molecular formula is C36H32FN7O. The van der Waals surface area contributed by atoms with Crippen molar-refractivity contribution in [2.75, 3.05) is 32.5 Å². The van der Waals surface area contributed by atoms with Crippen molar-refractivity contribution in [2.24, 2.45) is 0 Å². The van der Waals surface area contributed by atoms with Crippen LogP contribution in [0.25, 0.3) is 55.6 Å². The van der Waals surface area contributed by atoms with Crippen LogP contribution in [-0.4, -0.2) is 57.2 Å². The van der Waals surface area contributed by atoms with Crippen LogP contribution in [0, 0.1) is 5.82 Å². The van der Waals surface area contributed by atoms with Crippen molar-refractivity contribution in [3.8, 4) is 39.4 Å². The summed E-state index contributed by atoms with van der Waals surface area (Å²) in [6.07, 6.45) is 5.32. The second-order valence-electron chi connectivity index (χ2n) is 11.3. The van der Waals surface area contributed by atoms with Crippen molar-refractivity contribution in [3.05, 3.63) is 115 Å². The molecule has 9 heteroatoms. The highest BCUT2D eigenvalue weighted by atomic mass is 19.1. The van der Waals surface area contributed by atoms with Crippen LogP contribution in [0.1, 0.15) is 5.56 Å². The topological polar surface area (TPSA) is 94.8 Å². The predicted octanol–water partition coefficient (Wildman–Crippen LogP) is 7.53. The maximum Gasteiger partial charge on any atom is 0.155 e. The van der Waals surface area contributed by atoms with Crippen LogP contribution >= 0.6 is 0 Å². The minimum Gasteiger partial charge on any atom is -0.487 e. The van der Waals surface area contributed by atoms with Gasteiger partial charge in [-0.3, -0.25) is 10.1 Å². The number of anilines is 1. The Hall–Kier alpha value is -5.54. The molecule has 0 amide bonds. The van der Waals surface area contributed by atoms with E-state index in [1.165, 1.54) is 6.07 Å². The number of rotatable bonds is 10. The standard InChI is InChI=1S/C36H32FN7O/c1-44(2)12-11-39-28-14-24(13-27(37)17-28)30-9-6-10-33-31(30)18-34(41-33)35-32-16-26(20-40-36(32)43-42-35)25-15-29(21-38-19-25)45-22-23-7-4-3-5-8-23/h3-10,13-21,39,41H,11-12,22H2,1-2H3,(H,40,42,43). The average Bonchev–Trinajstić information content (AvgIpc) is 3.68. The number of hydrogen-bond donors (Lipinski definition) is 3. The van der Waals surface area contributed by atoms with Gasteiger partial charge >= 0.3 is 0 Å². The number of benzene rings is 3. The summed E-state index contributed by atoms with van der Waals surface area (Å²) < 4.78 is 20.7. The predicted molar refractivity (Wildman–Crippen MR) is 178 cm³/mol. The Kier molecular flexibility index (Phi) is 7.67. The van der Waals surface area contributed by atoms with E-state index in [0.717, 1.165) is 74.3 Å². The Bertz CT molecular complexity index is 2100. The van der Waals surface area contributed by atoms with E-state index in [2.05, 4.69) is 47.5 Å². The van der Waals surface area contributed by atoms with Gasteiger partial charge in [-0.25, -0.2) is 9.37 Å². The van der Waals surface area contributed by atoms with Crippen molar-refractivity contribution in [2.45, 2.75) is 6.61 Å². The number of fused-ring (bicyclic) bond motifs is 2. The fourth-order valence-corrected chi connectivity index (χ4v) is 5.47. The van der Waals surface area contributed by atoms with E-state index < -0.39 is 0 Å². The number of hydrogen-bond acceptors (Lipinski definition) is 6. The Morgan fingerprint density at radius 2 is 1.71 bits per heavy atom. The number of pyridine rings is 2. The molecule has 0 aliphatic rings. The molecule has 4 heterocycles. The maximum atomic E-state index is 14.7. The van der Waals surface area contributed by atoms with Crippen LogP contribution in [0.4, 0.5) is 10.1 Å². The van der Waals surface area contributed by atoms with Crippen molar-refractivity contribution in [3.63, 3.8) is 0 Å². The number of nitrogens with one attached hydrogen (secondary N) is 3. The van der Waals surface area contributed by atoms with Gasteiger partial charge in [0.05, 0.1) is 11.9 Å². The zero-order valence-electron chi connectivity index (χ0n) is 25.0. The second-order valence-corrected chi connectivity index (χ2v) is 11.3. The zero-order valence-corrected chi connectivity index (χ0v) is 25.0. The van der Waals surface area contributed by atoms with Gasteiger partial charge in [0, 0.05) is 58.6 Å². The molecule has 3 aromatic carbocycles. The summed E-state index contributed by atoms with van der Waals surface area (Å²) in [5.41, 5.74) is 8.55. The van der Waals surface area contributed by atoms with Crippen molar-refractivity contribution in [1.29, 1.82) is 0 Å². The molecular weight excluding hydrogens is 565 g/mol. The van der Waals surface area contributed by atoms with E-state index in [1.807, 2.05) is 74.8 Å². The Morgan fingerprint density at radius 3 is 2.58 bits per heavy atom. The molecule has 224 valence electrons. The van der Waals surface area contributed by atoms with Gasteiger partial charge < -0.3 is 19.9 Å². The SMILES string of the molecule is CN(C)CCNc1cc(F)cc(-c2cccc3[nH]c(-c4n[nH]c5ncc(-c6cncc(OCc7ccccc7)c6)cc45)cc23)c1. The summed E-state index contributed by atoms with van der Waals surface area (Å²) >= 11 is 0. The average molecular weight is 598 g/mol. The van der Waals surface area contributed by atoms with Gasteiger partial charge in [0.15, 0.2) is 5.65 Å². The smallest absolute Gasteiger partial charge is 0.155 e. The molecule has 0 spiro atoms. The van der Waals surface area contributed by atoms with Crippen molar-refractivity contribution < 1.29 is 9.13 Å². The molecule has 4 aromatic heterocycles. The highest BCUT2D eigenvalue weighted by Gasteiger charge is 2.16. The number of aromatic amines is 2. The van der Waals surface area contributed by atoms with Crippen LogP contribution < -0.4 is 10.1 Å². The second kappa shape index (κ2) is 12.2. The van der Waals surface area contributed by atoms with Gasteiger partial charge in [0.25, 0.3) is 0 Å². The highest BCUT2D eigenvalue weighted by molar-refractivity contribution is 6.01. The van der Waals surface area contributed by atoms with Crippen LogP contribution in [0.5, 0.6) is 5.75 Å². The van der Waals surface area contributed by atoms with E-state index in [0.29, 0.717) is 18.0 Å². The number of aromatic nitrogens is 5. The van der Waals surface area contributed by atoms with Gasteiger partial charge in [-0.05, 0) is 73.3 Å². The first-order valence-electron chi connectivity index (χ1n) is 14.8. The number of ether oxygens (including phenoxy) is 1. The maximum absolute atomic E-state index is 14.7. The molecule has 0 radical (unpaired) electrons. The first kappa shape index (κ1) is 28.2. The van der Waals surface area contributed by atoms with Crippen molar-refractivity contribution in [1.82, 2.24) is 30.0 Å². The van der Waals surface area contributed by atoms with Crippen molar-refractivity contribution >= 4 is 27.6 Å². The summed E-state index contributed by atoms with van der Waals surface area (Å²) in [4.78, 5) is 14.7. The fourth-order valence-electron chi connectivity index (χ4n) is 5.47. The summed E-state index contributed by atoms with van der Waals surface area (Å²) in [6, 6.07) is 27.2. The number of nitrogens with zero attached hydrogens (tertiary/aromatic N) is 4. The fraction of sp³-hybridized carbons (Fsp3) is 0.139. The van der Waals surface area contributed by atoms with Gasteiger partial charge in [-0.15, -0.1) is 0 Å². The molecule has 0 saturated carbocycles. The summed E-state index contributed by atoms with van der Waals surface area (Å²) in [7, 11) is 4.03. The van der Waals surface area contributed by atoms with E-state index in [9.17, 15) is 4.39 Å². The lowest BCUT2D eigenvalue weighted by molar-refractivity contribution is 0.305. The van der Waals surface area contributed by atoms with Crippen LogP contribution in [0.3, 0.4) is 0 Å². The normalized spacial score (nSPS) is 11.5. The molecule has 7 rings (SSSR count). The molecule has 0 fully saturated rings. The van der Waals surface area contributed by atoms with E-state index >= 15 is 0 Å². The number of likely N-dealkylation sites (N-methyl/N-ethyl adjacent to an activating group) is 1. The van der Waals surface area contributed by atoms with Crippen LogP contribution in [0.15, 0.2) is 104 Å². The minimum atomic E-state index is -0.284. The Balaban J connectivity index is 1.20. The Labute approximate surface area is 259 Å². The third kappa shape index (κ3) is 6.11. The van der Waals surface area contributed by atoms with Gasteiger partial charge in [0.1, 0.15) is 23.9 Å². The summed E-state index contributed by atoms with van der Waals surface area (Å²) in [5.74, 6) is 0.397. The van der Waals surface area contributed by atoms with Crippen LogP contribution in [0.2, 0.25) is 0 Å². The number of halogens is 1. The largest absolute Gasteiger partial charge is 0.487 e. The molecule has 8 nitrogen and oxygen atoms in total. The summed E-state index contributed by atoms with van der Waals surface area (Å²) in [5, 5.41) is 12.9. The molecule has 0 aliphatic heterocycles. The Morgan fingerprint density at radius 1 is 0.844 bits per heavy atom. The quantitative estimate of drug-likeness (QED) is 0.151. The van der Waals surface area contributed by atoms with Crippen LogP contribution in [-0.2, 0) is 6.61 Å².